The van der Waals surface area contributed by atoms with Gasteiger partial charge in [0.1, 0.15) is 0 Å². The summed E-state index contributed by atoms with van der Waals surface area (Å²) < 4.78 is 0. The maximum atomic E-state index is 10.5. The van der Waals surface area contributed by atoms with Crippen LogP contribution in [-0.4, -0.2) is 41.3 Å². The van der Waals surface area contributed by atoms with Gasteiger partial charge in [0.25, 0.3) is 0 Å². The number of rotatable bonds is 3. The topological polar surface area (TPSA) is 35.5 Å². The molecular weight excluding hydrogens is 296 g/mol. The van der Waals surface area contributed by atoms with Crippen molar-refractivity contribution in [1.29, 1.82) is 0 Å². The van der Waals surface area contributed by atoms with Gasteiger partial charge >= 0.3 is 0 Å². The molecule has 2 N–H and O–H groups in total. The lowest BCUT2D eigenvalue weighted by Crippen LogP contribution is -2.49. The Morgan fingerprint density at radius 1 is 1.08 bits per heavy atom. The van der Waals surface area contributed by atoms with Crippen molar-refractivity contribution in [2.75, 3.05) is 13.1 Å². The second-order valence-corrected chi connectivity index (χ2v) is 8.35. The molecule has 3 nitrogen and oxygen atoms in total. The fourth-order valence-corrected chi connectivity index (χ4v) is 5.19. The number of aliphatic hydroxyl groups is 1. The van der Waals surface area contributed by atoms with Gasteiger partial charge in [-0.3, -0.25) is 0 Å². The van der Waals surface area contributed by atoms with Crippen molar-refractivity contribution in [3.05, 3.63) is 35.4 Å². The molecule has 0 amide bonds. The predicted molar refractivity (Wildman–Crippen MR) is 98.0 cm³/mol. The number of nitrogens with zero attached hydrogens (tertiary/aromatic N) is 1. The van der Waals surface area contributed by atoms with Crippen molar-refractivity contribution in [2.45, 2.75) is 76.1 Å². The summed E-state index contributed by atoms with van der Waals surface area (Å²) >= 11 is 0. The molecule has 0 bridgehead atoms. The minimum absolute atomic E-state index is 0.132. The summed E-state index contributed by atoms with van der Waals surface area (Å²) in [5.74, 6) is 0.907. The van der Waals surface area contributed by atoms with Gasteiger partial charge in [0.05, 0.1) is 12.1 Å². The number of piperidine rings is 1. The molecule has 2 fully saturated rings. The Balaban J connectivity index is 1.32. The van der Waals surface area contributed by atoms with E-state index in [9.17, 15) is 5.11 Å². The molecule has 4 atom stereocenters. The molecule has 1 aliphatic heterocycles. The average Bonchev–Trinajstić information content (AvgIpc) is 2.91. The molecule has 132 valence electrons. The molecule has 0 spiro atoms. The number of benzene rings is 1. The monoisotopic (exact) mass is 328 g/mol. The molecule has 0 aromatic heterocycles. The van der Waals surface area contributed by atoms with Crippen molar-refractivity contribution >= 4 is 0 Å². The van der Waals surface area contributed by atoms with Crippen LogP contribution < -0.4 is 5.32 Å². The lowest BCUT2D eigenvalue weighted by atomic mass is 9.85. The van der Waals surface area contributed by atoms with E-state index in [1.165, 1.54) is 62.7 Å². The second-order valence-electron chi connectivity index (χ2n) is 8.35. The zero-order valence-electron chi connectivity index (χ0n) is 15.0. The maximum absolute atomic E-state index is 10.5. The van der Waals surface area contributed by atoms with Crippen molar-refractivity contribution in [1.82, 2.24) is 10.2 Å². The summed E-state index contributed by atoms with van der Waals surface area (Å²) in [5.41, 5.74) is 2.63. The molecule has 4 rings (SSSR count). The quantitative estimate of drug-likeness (QED) is 0.894. The standard InChI is InChI=1S/C21H32N2O/c1-15-5-4-7-18(13-15)23-11-9-17(10-12-23)22-21-19-8-3-2-6-16(19)14-20(21)24/h2-3,6,8,15,17-18,20-22,24H,4-5,7,9-14H2,1H3/t15?,18?,20-,21+/m0/s1. The van der Waals surface area contributed by atoms with Crippen LogP contribution in [0.3, 0.4) is 0 Å². The van der Waals surface area contributed by atoms with Crippen molar-refractivity contribution < 1.29 is 5.11 Å². The van der Waals surface area contributed by atoms with Crippen LogP contribution in [0.2, 0.25) is 0 Å². The number of hydrogen-bond acceptors (Lipinski definition) is 3. The lowest BCUT2D eigenvalue weighted by molar-refractivity contribution is 0.0855. The molecule has 0 radical (unpaired) electrons. The third-order valence-electron chi connectivity index (χ3n) is 6.57. The van der Waals surface area contributed by atoms with Crippen LogP contribution in [0.5, 0.6) is 0 Å². The van der Waals surface area contributed by atoms with Crippen molar-refractivity contribution in [2.24, 2.45) is 5.92 Å². The molecule has 1 saturated heterocycles. The number of aliphatic hydroxyl groups excluding tert-OH is 1. The molecule has 24 heavy (non-hydrogen) atoms. The summed E-state index contributed by atoms with van der Waals surface area (Å²) in [6, 6.07) is 10.0. The normalized spacial score (nSPS) is 35.1. The highest BCUT2D eigenvalue weighted by Gasteiger charge is 2.34. The Bertz CT molecular complexity index is 553. The van der Waals surface area contributed by atoms with Crippen LogP contribution in [0.1, 0.15) is 62.6 Å². The highest BCUT2D eigenvalue weighted by molar-refractivity contribution is 5.36. The minimum atomic E-state index is -0.264. The van der Waals surface area contributed by atoms with Crippen LogP contribution >= 0.6 is 0 Å². The summed E-state index contributed by atoms with van der Waals surface area (Å²) in [5, 5.41) is 14.2. The van der Waals surface area contributed by atoms with Gasteiger partial charge < -0.3 is 15.3 Å². The number of hydrogen-bond donors (Lipinski definition) is 2. The highest BCUT2D eigenvalue weighted by atomic mass is 16.3. The van der Waals surface area contributed by atoms with E-state index < -0.39 is 0 Å². The molecule has 1 aromatic carbocycles. The first-order valence-electron chi connectivity index (χ1n) is 9.96. The zero-order valence-corrected chi connectivity index (χ0v) is 15.0. The molecule has 3 heteroatoms. The Labute approximate surface area is 146 Å². The van der Waals surface area contributed by atoms with Gasteiger partial charge in [0.15, 0.2) is 0 Å². The van der Waals surface area contributed by atoms with Gasteiger partial charge in [-0.05, 0) is 55.8 Å². The van der Waals surface area contributed by atoms with E-state index in [-0.39, 0.29) is 12.1 Å². The van der Waals surface area contributed by atoms with Crippen molar-refractivity contribution in [3.63, 3.8) is 0 Å². The van der Waals surface area contributed by atoms with Crippen LogP contribution in [0.4, 0.5) is 0 Å². The Hall–Kier alpha value is -0.900. The maximum Gasteiger partial charge on any atom is 0.0775 e. The summed E-state index contributed by atoms with van der Waals surface area (Å²) in [4.78, 5) is 2.74. The van der Waals surface area contributed by atoms with E-state index in [0.29, 0.717) is 6.04 Å². The van der Waals surface area contributed by atoms with E-state index in [2.05, 4.69) is 41.4 Å². The molecule has 2 unspecified atom stereocenters. The molecule has 2 aliphatic carbocycles. The number of fused-ring (bicyclic) bond motifs is 1. The van der Waals surface area contributed by atoms with Gasteiger partial charge in [0, 0.05) is 18.5 Å². The first-order valence-corrected chi connectivity index (χ1v) is 9.96. The average molecular weight is 329 g/mol. The van der Waals surface area contributed by atoms with E-state index in [1.54, 1.807) is 0 Å². The van der Waals surface area contributed by atoms with Crippen LogP contribution in [0.25, 0.3) is 0 Å². The zero-order chi connectivity index (χ0) is 16.5. The fraction of sp³-hybridized carbons (Fsp3) is 0.714. The smallest absolute Gasteiger partial charge is 0.0775 e. The van der Waals surface area contributed by atoms with E-state index in [1.807, 2.05) is 0 Å². The molecule has 1 heterocycles. The SMILES string of the molecule is CC1CCCC(N2CCC(N[C@@H]3c4ccccc4C[C@@H]3O)CC2)C1. The Morgan fingerprint density at radius 2 is 1.88 bits per heavy atom. The van der Waals surface area contributed by atoms with E-state index in [0.717, 1.165) is 18.4 Å². The lowest BCUT2D eigenvalue weighted by Gasteiger charge is -2.41. The highest BCUT2D eigenvalue weighted by Crippen LogP contribution is 2.33. The van der Waals surface area contributed by atoms with Crippen molar-refractivity contribution in [3.8, 4) is 0 Å². The molecular formula is C21H32N2O. The third kappa shape index (κ3) is 3.40. The molecule has 1 aromatic rings. The number of likely N-dealkylation sites (tertiary alicyclic amines) is 1. The summed E-state index contributed by atoms with van der Waals surface area (Å²) in [7, 11) is 0. The van der Waals surface area contributed by atoms with Gasteiger partial charge in [0.2, 0.25) is 0 Å². The largest absolute Gasteiger partial charge is 0.391 e. The first-order chi connectivity index (χ1) is 11.7. The van der Waals surface area contributed by atoms with Gasteiger partial charge in [-0.1, -0.05) is 44.0 Å². The predicted octanol–water partition coefficient (Wildman–Crippen LogP) is 3.28. The fourth-order valence-electron chi connectivity index (χ4n) is 5.19. The van der Waals surface area contributed by atoms with E-state index >= 15 is 0 Å². The van der Waals surface area contributed by atoms with E-state index in [4.69, 9.17) is 0 Å². The summed E-state index contributed by atoms with van der Waals surface area (Å²) in [6.45, 7) is 4.86. The third-order valence-corrected chi connectivity index (χ3v) is 6.57. The number of nitrogens with one attached hydrogen (secondary N) is 1. The minimum Gasteiger partial charge on any atom is -0.391 e. The van der Waals surface area contributed by atoms with Gasteiger partial charge in [-0.25, -0.2) is 0 Å². The molecule has 3 aliphatic rings. The summed E-state index contributed by atoms with van der Waals surface area (Å²) in [6.07, 6.45) is 8.60. The van der Waals surface area contributed by atoms with Crippen LogP contribution in [-0.2, 0) is 6.42 Å². The second kappa shape index (κ2) is 7.15. The van der Waals surface area contributed by atoms with Gasteiger partial charge in [-0.15, -0.1) is 0 Å². The van der Waals surface area contributed by atoms with Gasteiger partial charge in [-0.2, -0.15) is 0 Å². The van der Waals surface area contributed by atoms with Crippen LogP contribution in [0.15, 0.2) is 24.3 Å². The molecule has 1 saturated carbocycles. The first kappa shape index (κ1) is 16.6. The Kier molecular flexibility index (Phi) is 4.93. The van der Waals surface area contributed by atoms with Crippen LogP contribution in [0, 0.1) is 5.92 Å². The Morgan fingerprint density at radius 3 is 2.67 bits per heavy atom.